The number of rotatable bonds is 8. The van der Waals surface area contributed by atoms with E-state index in [-0.39, 0.29) is 5.82 Å². The number of carbonyl (C=O) groups is 1. The second-order valence-corrected chi connectivity index (χ2v) is 6.89. The lowest BCUT2D eigenvalue weighted by Crippen LogP contribution is -2.04. The minimum Gasteiger partial charge on any atom is -0.380 e. The van der Waals surface area contributed by atoms with Gasteiger partial charge in [-0.15, -0.1) is 0 Å². The molecule has 0 spiro atoms. The number of nitrogens with one attached hydrogen (secondary N) is 4. The van der Waals surface area contributed by atoms with Gasteiger partial charge in [-0.05, 0) is 42.8 Å². The molecule has 2 aromatic heterocycles. The Kier molecular flexibility index (Phi) is 5.57. The largest absolute Gasteiger partial charge is 0.380 e. The number of hydrogen-bond donors (Lipinski definition) is 4. The van der Waals surface area contributed by atoms with Crippen molar-refractivity contribution in [1.29, 1.82) is 5.41 Å². The predicted octanol–water partition coefficient (Wildman–Crippen LogP) is 4.10. The molecular weight excluding hydrogens is 397 g/mol. The van der Waals surface area contributed by atoms with E-state index < -0.39 is 0 Å². The molecule has 0 fully saturated rings. The van der Waals surface area contributed by atoms with Gasteiger partial charge in [-0.3, -0.25) is 4.79 Å². The Bertz CT molecular complexity index is 1270. The SMILES string of the molecule is Cc1c(NC=O)cn2ncnc(Nc3ccc(NCc4cccc(F)c4)c(C=N)c3)c12. The molecule has 0 unspecified atom stereocenters. The average Bonchev–Trinajstić information content (AvgIpc) is 3.09. The van der Waals surface area contributed by atoms with E-state index in [2.05, 4.69) is 26.0 Å². The first kappa shape index (κ1) is 20.0. The van der Waals surface area contributed by atoms with E-state index in [9.17, 15) is 9.18 Å². The number of benzene rings is 2. The fraction of sp³-hybridized carbons (Fsp3) is 0.0909. The topological polar surface area (TPSA) is 107 Å². The van der Waals surface area contributed by atoms with E-state index in [1.807, 2.05) is 31.2 Å². The van der Waals surface area contributed by atoms with Gasteiger partial charge < -0.3 is 21.4 Å². The van der Waals surface area contributed by atoms with Crippen LogP contribution in [0.2, 0.25) is 0 Å². The lowest BCUT2D eigenvalue weighted by atomic mass is 10.1. The molecule has 1 amide bonds. The maximum atomic E-state index is 13.4. The highest BCUT2D eigenvalue weighted by molar-refractivity contribution is 5.89. The Hall–Kier alpha value is -4.27. The van der Waals surface area contributed by atoms with Crippen LogP contribution >= 0.6 is 0 Å². The number of carbonyl (C=O) groups excluding carboxylic acids is 1. The van der Waals surface area contributed by atoms with Crippen molar-refractivity contribution in [3.05, 3.63) is 77.5 Å². The van der Waals surface area contributed by atoms with Crippen LogP contribution in [0.25, 0.3) is 5.52 Å². The number of halogens is 1. The normalized spacial score (nSPS) is 10.6. The van der Waals surface area contributed by atoms with Gasteiger partial charge in [0.25, 0.3) is 0 Å². The van der Waals surface area contributed by atoms with E-state index in [0.29, 0.717) is 30.0 Å². The van der Waals surface area contributed by atoms with Crippen LogP contribution in [0.4, 0.5) is 27.3 Å². The molecule has 156 valence electrons. The van der Waals surface area contributed by atoms with Crippen LogP contribution in [0.3, 0.4) is 0 Å². The first-order valence-electron chi connectivity index (χ1n) is 9.52. The molecule has 2 heterocycles. The van der Waals surface area contributed by atoms with Gasteiger partial charge in [0.1, 0.15) is 17.7 Å². The van der Waals surface area contributed by atoms with Crippen LogP contribution in [0, 0.1) is 18.2 Å². The molecule has 0 aliphatic rings. The molecule has 0 radical (unpaired) electrons. The molecule has 9 heteroatoms. The summed E-state index contributed by atoms with van der Waals surface area (Å²) >= 11 is 0. The summed E-state index contributed by atoms with van der Waals surface area (Å²) in [5.74, 6) is 0.289. The predicted molar refractivity (Wildman–Crippen MR) is 119 cm³/mol. The van der Waals surface area contributed by atoms with Crippen LogP contribution in [-0.4, -0.2) is 27.2 Å². The van der Waals surface area contributed by atoms with Crippen LogP contribution in [0.5, 0.6) is 0 Å². The Morgan fingerprint density at radius 1 is 1.19 bits per heavy atom. The third-order valence-corrected chi connectivity index (χ3v) is 4.88. The van der Waals surface area contributed by atoms with Crippen molar-refractivity contribution in [2.45, 2.75) is 13.5 Å². The highest BCUT2D eigenvalue weighted by Gasteiger charge is 2.13. The summed E-state index contributed by atoms with van der Waals surface area (Å²) in [5.41, 5.74) is 5.18. The van der Waals surface area contributed by atoms with Gasteiger partial charge in [0.05, 0.1) is 11.9 Å². The number of hydrogen-bond acceptors (Lipinski definition) is 6. The van der Waals surface area contributed by atoms with Gasteiger partial charge in [-0.25, -0.2) is 13.9 Å². The molecule has 4 aromatic rings. The smallest absolute Gasteiger partial charge is 0.211 e. The molecule has 31 heavy (non-hydrogen) atoms. The van der Waals surface area contributed by atoms with Gasteiger partial charge in [-0.2, -0.15) is 5.10 Å². The summed E-state index contributed by atoms with van der Waals surface area (Å²) in [4.78, 5) is 15.2. The van der Waals surface area contributed by atoms with Crippen molar-refractivity contribution in [2.75, 3.05) is 16.0 Å². The van der Waals surface area contributed by atoms with Crippen molar-refractivity contribution in [1.82, 2.24) is 14.6 Å². The first-order chi connectivity index (χ1) is 15.1. The Morgan fingerprint density at radius 3 is 2.84 bits per heavy atom. The summed E-state index contributed by atoms with van der Waals surface area (Å²) in [6.45, 7) is 2.31. The molecule has 0 saturated carbocycles. The molecule has 0 bridgehead atoms. The number of nitrogens with zero attached hydrogens (tertiary/aromatic N) is 3. The van der Waals surface area contributed by atoms with Crippen molar-refractivity contribution in [2.24, 2.45) is 0 Å². The van der Waals surface area contributed by atoms with Crippen molar-refractivity contribution >= 4 is 41.0 Å². The van der Waals surface area contributed by atoms with Crippen LogP contribution in [0.1, 0.15) is 16.7 Å². The van der Waals surface area contributed by atoms with Crippen LogP contribution < -0.4 is 16.0 Å². The molecule has 0 aliphatic heterocycles. The summed E-state index contributed by atoms with van der Waals surface area (Å²) in [6.07, 6.45) is 5.01. The van der Waals surface area contributed by atoms with E-state index in [1.165, 1.54) is 24.7 Å². The minimum atomic E-state index is -0.283. The summed E-state index contributed by atoms with van der Waals surface area (Å²) in [7, 11) is 0. The second-order valence-electron chi connectivity index (χ2n) is 6.89. The third-order valence-electron chi connectivity index (χ3n) is 4.88. The number of amides is 1. The maximum Gasteiger partial charge on any atom is 0.211 e. The molecule has 0 atom stereocenters. The molecule has 0 saturated heterocycles. The van der Waals surface area contributed by atoms with Gasteiger partial charge in [0.15, 0.2) is 5.82 Å². The van der Waals surface area contributed by atoms with Gasteiger partial charge in [-0.1, -0.05) is 12.1 Å². The van der Waals surface area contributed by atoms with E-state index in [4.69, 9.17) is 5.41 Å². The summed E-state index contributed by atoms with van der Waals surface area (Å²) in [5, 5.41) is 21.1. The van der Waals surface area contributed by atoms with Crippen molar-refractivity contribution in [3.63, 3.8) is 0 Å². The van der Waals surface area contributed by atoms with Gasteiger partial charge in [0.2, 0.25) is 6.41 Å². The number of aryl methyl sites for hydroxylation is 1. The van der Waals surface area contributed by atoms with Gasteiger partial charge >= 0.3 is 0 Å². The molecule has 8 nitrogen and oxygen atoms in total. The first-order valence-corrected chi connectivity index (χ1v) is 9.52. The Labute approximate surface area is 177 Å². The zero-order valence-corrected chi connectivity index (χ0v) is 16.7. The fourth-order valence-corrected chi connectivity index (χ4v) is 3.36. The van der Waals surface area contributed by atoms with Crippen molar-refractivity contribution < 1.29 is 9.18 Å². The third kappa shape index (κ3) is 4.20. The van der Waals surface area contributed by atoms with E-state index in [0.717, 1.165) is 28.0 Å². The second kappa shape index (κ2) is 8.62. The number of aromatic nitrogens is 3. The quantitative estimate of drug-likeness (QED) is 0.255. The molecule has 4 N–H and O–H groups in total. The zero-order chi connectivity index (χ0) is 21.8. The standard InChI is InChI=1S/C22H20FN7O/c1-14-20(27-13-31)11-30-21(14)22(26-12-28-30)29-18-5-6-19(16(8-18)9-24)25-10-15-3-2-4-17(23)7-15/h2-9,11-13,24-25H,10H2,1H3,(H,27,31)(H,26,28,29). The van der Waals surface area contributed by atoms with Crippen LogP contribution in [0.15, 0.2) is 55.0 Å². The highest BCUT2D eigenvalue weighted by atomic mass is 19.1. The highest BCUT2D eigenvalue weighted by Crippen LogP contribution is 2.29. The molecule has 0 aliphatic carbocycles. The van der Waals surface area contributed by atoms with E-state index >= 15 is 0 Å². The van der Waals surface area contributed by atoms with Crippen LogP contribution in [-0.2, 0) is 11.3 Å². The Balaban J connectivity index is 1.58. The van der Waals surface area contributed by atoms with E-state index in [1.54, 1.807) is 16.8 Å². The molecular formula is C22H20FN7O. The lowest BCUT2D eigenvalue weighted by molar-refractivity contribution is -0.105. The number of fused-ring (bicyclic) bond motifs is 1. The average molecular weight is 417 g/mol. The molecule has 2 aromatic carbocycles. The summed E-state index contributed by atoms with van der Waals surface area (Å²) in [6, 6.07) is 11.9. The maximum absolute atomic E-state index is 13.4. The Morgan fingerprint density at radius 2 is 2.06 bits per heavy atom. The number of anilines is 4. The monoisotopic (exact) mass is 417 g/mol. The zero-order valence-electron chi connectivity index (χ0n) is 16.7. The molecule has 4 rings (SSSR count). The summed E-state index contributed by atoms with van der Waals surface area (Å²) < 4.78 is 15.0. The van der Waals surface area contributed by atoms with Crippen molar-refractivity contribution in [3.8, 4) is 0 Å². The minimum absolute atomic E-state index is 0.283. The lowest BCUT2D eigenvalue weighted by Gasteiger charge is -2.13. The fourth-order valence-electron chi connectivity index (χ4n) is 3.36. The van der Waals surface area contributed by atoms with Gasteiger partial charge in [0, 0.05) is 35.3 Å².